The molecule has 0 radical (unpaired) electrons. The fraction of sp³-hybridized carbons (Fsp3) is 0.765. The van der Waals surface area contributed by atoms with Gasteiger partial charge in [-0.15, -0.1) is 24.8 Å². The van der Waals surface area contributed by atoms with E-state index < -0.39 is 5.54 Å². The summed E-state index contributed by atoms with van der Waals surface area (Å²) in [6.07, 6.45) is 4.91. The number of ether oxygens (including phenoxy) is 1. The van der Waals surface area contributed by atoms with Crippen LogP contribution in [0.25, 0.3) is 0 Å². The second kappa shape index (κ2) is 9.21. The highest BCUT2D eigenvalue weighted by atomic mass is 35.5. The van der Waals surface area contributed by atoms with Gasteiger partial charge in [-0.05, 0) is 32.8 Å². The molecule has 1 aromatic rings. The zero-order valence-corrected chi connectivity index (χ0v) is 16.7. The molecule has 1 aliphatic heterocycles. The Bertz CT molecular complexity index is 573. The van der Waals surface area contributed by atoms with Crippen LogP contribution in [-0.4, -0.2) is 51.9 Å². The Balaban J connectivity index is 0.00000156. The molecule has 1 saturated heterocycles. The van der Waals surface area contributed by atoms with Gasteiger partial charge < -0.3 is 15.4 Å². The number of morpholine rings is 1. The van der Waals surface area contributed by atoms with Crippen molar-refractivity contribution in [2.24, 2.45) is 5.73 Å². The number of aryl methyl sites for hydroxylation is 2. The molecule has 2 N–H and O–H groups in total. The number of nitrogens with two attached hydrogens (primary N) is 1. The van der Waals surface area contributed by atoms with Crippen LogP contribution in [0.4, 0.5) is 0 Å². The third-order valence-corrected chi connectivity index (χ3v) is 5.08. The molecule has 2 heterocycles. The molecule has 1 amide bonds. The minimum absolute atomic E-state index is 0. The standard InChI is InChI=1S/C17H28N4O2.2ClH/c1-13-10-14(2)21(19-13)12-15-11-20(8-9-23-15)16(22)17(18)6-4-3-5-7-17;;/h10,15H,3-9,11-12,18H2,1-2H3;2*1H. The summed E-state index contributed by atoms with van der Waals surface area (Å²) in [6, 6.07) is 2.06. The largest absolute Gasteiger partial charge is 0.373 e. The van der Waals surface area contributed by atoms with E-state index in [9.17, 15) is 4.79 Å². The molecule has 6 nitrogen and oxygen atoms in total. The Morgan fingerprint density at radius 1 is 1.32 bits per heavy atom. The van der Waals surface area contributed by atoms with Crippen LogP contribution < -0.4 is 5.73 Å². The molecule has 25 heavy (non-hydrogen) atoms. The normalized spacial score (nSPS) is 22.7. The maximum absolute atomic E-state index is 12.9. The van der Waals surface area contributed by atoms with Gasteiger partial charge in [0.1, 0.15) is 0 Å². The van der Waals surface area contributed by atoms with Gasteiger partial charge in [-0.1, -0.05) is 19.3 Å². The lowest BCUT2D eigenvalue weighted by Gasteiger charge is -2.40. The van der Waals surface area contributed by atoms with E-state index in [1.807, 2.05) is 23.4 Å². The van der Waals surface area contributed by atoms with Gasteiger partial charge >= 0.3 is 0 Å². The quantitative estimate of drug-likeness (QED) is 0.855. The number of nitrogens with zero attached hydrogens (tertiary/aromatic N) is 3. The SMILES string of the molecule is Cc1cc(C)n(CC2CN(C(=O)C3(N)CCCCC3)CCO2)n1.Cl.Cl. The van der Waals surface area contributed by atoms with E-state index >= 15 is 0 Å². The highest BCUT2D eigenvalue weighted by molar-refractivity contribution is 5.86. The lowest BCUT2D eigenvalue weighted by atomic mass is 9.81. The number of amides is 1. The molecule has 8 heteroatoms. The molecule has 1 aliphatic carbocycles. The molecule has 2 fully saturated rings. The summed E-state index contributed by atoms with van der Waals surface area (Å²) in [5.41, 5.74) is 7.89. The first-order chi connectivity index (χ1) is 11.0. The third-order valence-electron chi connectivity index (χ3n) is 5.08. The molecule has 0 spiro atoms. The molecular formula is C17H30Cl2N4O2. The first kappa shape index (κ1) is 22.2. The van der Waals surface area contributed by atoms with E-state index in [-0.39, 0.29) is 36.8 Å². The van der Waals surface area contributed by atoms with Crippen LogP contribution in [0.2, 0.25) is 0 Å². The Kier molecular flexibility index (Phi) is 8.19. The number of halogens is 2. The van der Waals surface area contributed by atoms with E-state index in [4.69, 9.17) is 10.5 Å². The minimum atomic E-state index is -0.654. The van der Waals surface area contributed by atoms with E-state index in [0.29, 0.717) is 26.2 Å². The molecule has 0 bridgehead atoms. The summed E-state index contributed by atoms with van der Waals surface area (Å²) in [5, 5.41) is 4.49. The lowest BCUT2D eigenvalue weighted by molar-refractivity contribution is -0.146. The van der Waals surface area contributed by atoms with Gasteiger partial charge in [-0.2, -0.15) is 5.10 Å². The van der Waals surface area contributed by atoms with Crippen molar-refractivity contribution in [3.8, 4) is 0 Å². The average Bonchev–Trinajstić information content (AvgIpc) is 2.85. The van der Waals surface area contributed by atoms with Crippen molar-refractivity contribution in [2.45, 2.75) is 64.1 Å². The summed E-state index contributed by atoms with van der Waals surface area (Å²) in [4.78, 5) is 14.8. The molecule has 1 unspecified atom stereocenters. The molecule has 0 aromatic carbocycles. The summed E-state index contributed by atoms with van der Waals surface area (Å²) in [6.45, 7) is 6.54. The lowest BCUT2D eigenvalue weighted by Crippen LogP contribution is -2.59. The van der Waals surface area contributed by atoms with Gasteiger partial charge in [0.15, 0.2) is 0 Å². The van der Waals surface area contributed by atoms with Crippen LogP contribution >= 0.6 is 24.8 Å². The highest BCUT2D eigenvalue weighted by Gasteiger charge is 2.39. The van der Waals surface area contributed by atoms with Crippen LogP contribution in [0, 0.1) is 13.8 Å². The highest BCUT2D eigenvalue weighted by Crippen LogP contribution is 2.28. The Labute approximate surface area is 162 Å². The van der Waals surface area contributed by atoms with Crippen molar-refractivity contribution in [1.82, 2.24) is 14.7 Å². The summed E-state index contributed by atoms with van der Waals surface area (Å²) >= 11 is 0. The van der Waals surface area contributed by atoms with Crippen LogP contribution in [0.1, 0.15) is 43.5 Å². The Hall–Kier alpha value is -0.820. The van der Waals surface area contributed by atoms with Gasteiger partial charge in [0.2, 0.25) is 5.91 Å². The van der Waals surface area contributed by atoms with Crippen molar-refractivity contribution in [3.63, 3.8) is 0 Å². The van der Waals surface area contributed by atoms with Crippen LogP contribution in [0.3, 0.4) is 0 Å². The first-order valence-corrected chi connectivity index (χ1v) is 8.69. The summed E-state index contributed by atoms with van der Waals surface area (Å²) < 4.78 is 7.82. The van der Waals surface area contributed by atoms with Crippen LogP contribution in [0.5, 0.6) is 0 Å². The number of hydrogen-bond donors (Lipinski definition) is 1. The number of hydrogen-bond acceptors (Lipinski definition) is 4. The van der Waals surface area contributed by atoms with Gasteiger partial charge in [-0.25, -0.2) is 0 Å². The number of carbonyl (C=O) groups excluding carboxylic acids is 1. The van der Waals surface area contributed by atoms with E-state index in [1.54, 1.807) is 0 Å². The van der Waals surface area contributed by atoms with Gasteiger partial charge in [0.05, 0.1) is 30.5 Å². The van der Waals surface area contributed by atoms with Crippen LogP contribution in [0.15, 0.2) is 6.07 Å². The fourth-order valence-corrected chi connectivity index (χ4v) is 3.78. The van der Waals surface area contributed by atoms with E-state index in [0.717, 1.165) is 37.1 Å². The Morgan fingerprint density at radius 3 is 2.60 bits per heavy atom. The molecule has 2 aliphatic rings. The summed E-state index contributed by atoms with van der Waals surface area (Å²) in [5.74, 6) is 0.110. The molecule has 1 atom stereocenters. The van der Waals surface area contributed by atoms with Gasteiger partial charge in [-0.3, -0.25) is 9.48 Å². The van der Waals surface area contributed by atoms with Crippen LogP contribution in [-0.2, 0) is 16.1 Å². The van der Waals surface area contributed by atoms with Crippen molar-refractivity contribution < 1.29 is 9.53 Å². The average molecular weight is 393 g/mol. The van der Waals surface area contributed by atoms with Gasteiger partial charge in [0, 0.05) is 18.8 Å². The number of carbonyl (C=O) groups is 1. The molecule has 3 rings (SSSR count). The summed E-state index contributed by atoms with van der Waals surface area (Å²) in [7, 11) is 0. The van der Waals surface area contributed by atoms with Crippen molar-refractivity contribution in [2.75, 3.05) is 19.7 Å². The second-order valence-corrected chi connectivity index (χ2v) is 7.07. The predicted octanol–water partition coefficient (Wildman–Crippen LogP) is 2.23. The van der Waals surface area contributed by atoms with E-state index in [2.05, 4.69) is 11.2 Å². The van der Waals surface area contributed by atoms with Crippen molar-refractivity contribution >= 4 is 30.7 Å². The molecular weight excluding hydrogens is 363 g/mol. The number of aromatic nitrogens is 2. The molecule has 1 saturated carbocycles. The van der Waals surface area contributed by atoms with Gasteiger partial charge in [0.25, 0.3) is 0 Å². The van der Waals surface area contributed by atoms with Crippen molar-refractivity contribution in [1.29, 1.82) is 0 Å². The molecule has 1 aromatic heterocycles. The van der Waals surface area contributed by atoms with Crippen molar-refractivity contribution in [3.05, 3.63) is 17.5 Å². The Morgan fingerprint density at radius 2 is 2.00 bits per heavy atom. The second-order valence-electron chi connectivity index (χ2n) is 7.07. The first-order valence-electron chi connectivity index (χ1n) is 8.69. The zero-order chi connectivity index (χ0) is 16.4. The predicted molar refractivity (Wildman–Crippen MR) is 103 cm³/mol. The maximum Gasteiger partial charge on any atom is 0.242 e. The smallest absolute Gasteiger partial charge is 0.242 e. The number of rotatable bonds is 3. The monoisotopic (exact) mass is 392 g/mol. The zero-order valence-electron chi connectivity index (χ0n) is 15.1. The topological polar surface area (TPSA) is 73.4 Å². The fourth-order valence-electron chi connectivity index (χ4n) is 3.78. The maximum atomic E-state index is 12.9. The molecule has 144 valence electrons. The minimum Gasteiger partial charge on any atom is -0.373 e. The van der Waals surface area contributed by atoms with E-state index in [1.165, 1.54) is 6.42 Å². The third kappa shape index (κ3) is 5.09.